The Kier molecular flexibility index (Phi) is 8.11. The molecule has 33 heavy (non-hydrogen) atoms. The van der Waals surface area contributed by atoms with Crippen LogP contribution in [0.3, 0.4) is 0 Å². The number of carbonyl (C=O) groups excluding carboxylic acids is 5. The Balaban J connectivity index is 1.42. The van der Waals surface area contributed by atoms with E-state index in [0.717, 1.165) is 4.90 Å². The fraction of sp³-hybridized carbons (Fsp3) is 0.722. The highest BCUT2D eigenvalue weighted by Crippen LogP contribution is 2.21. The molecule has 15 heteroatoms. The summed E-state index contributed by atoms with van der Waals surface area (Å²) in [7, 11) is 1.40. The number of piperazine rings is 1. The Morgan fingerprint density at radius 3 is 2.39 bits per heavy atom. The Morgan fingerprint density at radius 2 is 1.76 bits per heavy atom. The van der Waals surface area contributed by atoms with Gasteiger partial charge in [-0.3, -0.25) is 29.0 Å². The molecule has 3 rings (SSSR count). The van der Waals surface area contributed by atoms with E-state index in [1.54, 1.807) is 0 Å². The first-order valence-electron chi connectivity index (χ1n) is 10.5. The molecular formula is C18H26N6O9. The van der Waals surface area contributed by atoms with Gasteiger partial charge in [-0.25, -0.2) is 4.79 Å². The van der Waals surface area contributed by atoms with Crippen LogP contribution in [0.1, 0.15) is 32.1 Å². The molecule has 4 amide bonds. The minimum absolute atomic E-state index is 0.00174. The maximum Gasteiger partial charge on any atom is 0.333 e. The third-order valence-electron chi connectivity index (χ3n) is 5.45. The Bertz CT molecular complexity index is 810. The smallest absolute Gasteiger partial charge is 0.333 e. The van der Waals surface area contributed by atoms with Crippen molar-refractivity contribution in [2.75, 3.05) is 46.6 Å². The number of carbonyl (C=O) groups is 5. The first-order valence-corrected chi connectivity index (χ1v) is 10.5. The Labute approximate surface area is 188 Å². The van der Waals surface area contributed by atoms with Crippen LogP contribution in [0.5, 0.6) is 0 Å². The highest BCUT2D eigenvalue weighted by atomic mass is 16.8. The predicted molar refractivity (Wildman–Crippen MR) is 104 cm³/mol. The Morgan fingerprint density at radius 1 is 1.09 bits per heavy atom. The maximum absolute atomic E-state index is 12.8. The van der Waals surface area contributed by atoms with Crippen molar-refractivity contribution in [3.63, 3.8) is 0 Å². The van der Waals surface area contributed by atoms with Gasteiger partial charge in [0, 0.05) is 46.0 Å². The number of amides is 4. The molecule has 0 saturated carbocycles. The zero-order valence-electron chi connectivity index (χ0n) is 18.2. The molecule has 3 saturated heterocycles. The highest BCUT2D eigenvalue weighted by Gasteiger charge is 2.43. The minimum Gasteiger partial charge on any atom is -0.569 e. The van der Waals surface area contributed by atoms with Crippen LogP contribution in [-0.2, 0) is 38.4 Å². The summed E-state index contributed by atoms with van der Waals surface area (Å²) in [6.45, 7) is 1.21. The number of ether oxygens (including phenoxy) is 1. The largest absolute Gasteiger partial charge is 0.569 e. The molecule has 0 spiro atoms. The minimum atomic E-state index is -0.785. The van der Waals surface area contributed by atoms with Crippen LogP contribution in [0, 0.1) is 5.21 Å². The van der Waals surface area contributed by atoms with Crippen LogP contribution in [0.15, 0.2) is 5.28 Å². The Hall–Kier alpha value is -3.33. The van der Waals surface area contributed by atoms with Crippen LogP contribution in [0.2, 0.25) is 0 Å². The average Bonchev–Trinajstić information content (AvgIpc) is 3.26. The lowest BCUT2D eigenvalue weighted by atomic mass is 10.2. The molecule has 3 aliphatic heterocycles. The number of hydrogen-bond donors (Lipinski definition) is 0. The van der Waals surface area contributed by atoms with Gasteiger partial charge in [0.25, 0.3) is 11.8 Å². The second-order valence-corrected chi connectivity index (χ2v) is 7.61. The molecule has 0 aromatic carbocycles. The van der Waals surface area contributed by atoms with Gasteiger partial charge < -0.3 is 19.6 Å². The second kappa shape index (κ2) is 11.0. The average molecular weight is 470 g/mol. The van der Waals surface area contributed by atoms with Crippen molar-refractivity contribution in [3.8, 4) is 0 Å². The van der Waals surface area contributed by atoms with Crippen LogP contribution in [-0.4, -0.2) is 107 Å². The van der Waals surface area contributed by atoms with Crippen molar-refractivity contribution >= 4 is 29.6 Å². The number of hydroxylamine groups is 2. The summed E-state index contributed by atoms with van der Waals surface area (Å²) in [5.41, 5.74) is 0. The summed E-state index contributed by atoms with van der Waals surface area (Å²) in [5, 5.41) is 17.1. The summed E-state index contributed by atoms with van der Waals surface area (Å²) in [4.78, 5) is 72.6. The molecule has 3 fully saturated rings. The number of hydrogen-bond acceptors (Lipinski definition) is 11. The number of imide groups is 2. The molecular weight excluding hydrogens is 444 g/mol. The number of likely N-dealkylation sites (tertiary alicyclic amines) is 1. The van der Waals surface area contributed by atoms with Gasteiger partial charge in [-0.2, -0.15) is 0 Å². The molecule has 0 aromatic heterocycles. The summed E-state index contributed by atoms with van der Waals surface area (Å²) in [6, 6.07) is -0.631. The number of nitrogens with zero attached hydrogens (tertiary/aromatic N) is 6. The van der Waals surface area contributed by atoms with E-state index in [0.29, 0.717) is 36.2 Å². The lowest BCUT2D eigenvalue weighted by Crippen LogP contribution is -2.54. The molecule has 0 radical (unpaired) electrons. The van der Waals surface area contributed by atoms with Gasteiger partial charge >= 0.3 is 5.97 Å². The molecule has 3 aliphatic rings. The molecule has 182 valence electrons. The van der Waals surface area contributed by atoms with Crippen LogP contribution >= 0.6 is 0 Å². The van der Waals surface area contributed by atoms with Crippen molar-refractivity contribution in [1.29, 1.82) is 0 Å². The lowest BCUT2D eigenvalue weighted by Gasteiger charge is -2.34. The fourth-order valence-corrected chi connectivity index (χ4v) is 3.74. The zero-order chi connectivity index (χ0) is 24.0. The van der Waals surface area contributed by atoms with Gasteiger partial charge in [0.2, 0.25) is 23.9 Å². The van der Waals surface area contributed by atoms with Crippen molar-refractivity contribution in [1.82, 2.24) is 19.9 Å². The summed E-state index contributed by atoms with van der Waals surface area (Å²) in [5.74, 6) is -2.64. The van der Waals surface area contributed by atoms with E-state index in [-0.39, 0.29) is 57.3 Å². The van der Waals surface area contributed by atoms with Gasteiger partial charge in [-0.05, 0) is 6.42 Å². The number of methoxy groups -OCH3 is 1. The third-order valence-corrected chi connectivity index (χ3v) is 5.45. The number of hydrazine groups is 1. The summed E-state index contributed by atoms with van der Waals surface area (Å²) >= 11 is 0. The SMILES string of the molecule is COCO/N=[N+](\[O-])N1CCN(C2CC(=O)N(CCCC(=O)ON3C(=O)CCC3=O)C2=O)CC1. The van der Waals surface area contributed by atoms with E-state index < -0.39 is 23.8 Å². The standard InChI is InChI=1S/C18H26N6O9/c1-31-12-32-19-24(30)21-9-7-20(8-10-21)13-11-16(27)22(18(13)29)6-2-3-17(28)33-23-14(25)4-5-15(23)26/h13H,2-12H2,1H3/b24-19-. The molecule has 0 aliphatic carbocycles. The van der Waals surface area contributed by atoms with Gasteiger partial charge in [0.15, 0.2) is 0 Å². The molecule has 0 aromatic rings. The van der Waals surface area contributed by atoms with E-state index in [4.69, 9.17) is 4.84 Å². The van der Waals surface area contributed by atoms with Crippen LogP contribution < -0.4 is 0 Å². The quantitative estimate of drug-likeness (QED) is 0.0914. The molecule has 1 unspecified atom stereocenters. The van der Waals surface area contributed by atoms with Crippen molar-refractivity contribution in [2.45, 2.75) is 38.1 Å². The van der Waals surface area contributed by atoms with Crippen molar-refractivity contribution < 1.29 is 43.4 Å². The number of rotatable bonds is 10. The lowest BCUT2D eigenvalue weighted by molar-refractivity contribution is -0.713. The van der Waals surface area contributed by atoms with Crippen LogP contribution in [0.25, 0.3) is 0 Å². The van der Waals surface area contributed by atoms with Gasteiger partial charge in [0.1, 0.15) is 0 Å². The highest BCUT2D eigenvalue weighted by molar-refractivity contribution is 6.05. The first-order chi connectivity index (χ1) is 15.8. The first kappa shape index (κ1) is 24.3. The summed E-state index contributed by atoms with van der Waals surface area (Å²) in [6.07, 6.45) is -0.00141. The molecule has 0 N–H and O–H groups in total. The van der Waals surface area contributed by atoms with Crippen molar-refractivity contribution in [3.05, 3.63) is 5.21 Å². The predicted octanol–water partition coefficient (Wildman–Crippen LogP) is -1.47. The monoisotopic (exact) mass is 470 g/mol. The zero-order valence-corrected chi connectivity index (χ0v) is 18.2. The topological polar surface area (TPSA) is 164 Å². The van der Waals surface area contributed by atoms with E-state index in [1.807, 2.05) is 4.90 Å². The van der Waals surface area contributed by atoms with E-state index in [9.17, 15) is 29.2 Å². The normalized spacial score (nSPS) is 22.5. The fourth-order valence-electron chi connectivity index (χ4n) is 3.74. The third kappa shape index (κ3) is 5.92. The van der Waals surface area contributed by atoms with E-state index >= 15 is 0 Å². The summed E-state index contributed by atoms with van der Waals surface area (Å²) < 4.78 is 4.64. The van der Waals surface area contributed by atoms with Crippen molar-refractivity contribution in [2.24, 2.45) is 5.28 Å². The van der Waals surface area contributed by atoms with E-state index in [1.165, 1.54) is 12.1 Å². The van der Waals surface area contributed by atoms with Gasteiger partial charge in [0.05, 0.1) is 30.5 Å². The molecule has 15 nitrogen and oxygen atoms in total. The molecule has 0 bridgehead atoms. The molecule has 1 atom stereocenters. The molecule has 3 heterocycles. The van der Waals surface area contributed by atoms with E-state index in [2.05, 4.69) is 14.9 Å². The van der Waals surface area contributed by atoms with Gasteiger partial charge in [-0.15, -0.1) is 10.1 Å². The van der Waals surface area contributed by atoms with Crippen LogP contribution in [0.4, 0.5) is 0 Å². The maximum atomic E-state index is 12.8. The van der Waals surface area contributed by atoms with Gasteiger partial charge in [-0.1, -0.05) is 0 Å². The second-order valence-electron chi connectivity index (χ2n) is 7.61.